The molecule has 1 amide bonds. The number of unbranched alkanes of at least 4 members (excludes halogenated alkanes) is 1. The highest BCUT2D eigenvalue weighted by Gasteiger charge is 2.13. The molecular weight excluding hydrogens is 342 g/mol. The van der Waals surface area contributed by atoms with E-state index in [9.17, 15) is 4.79 Å². The van der Waals surface area contributed by atoms with E-state index in [0.717, 1.165) is 48.0 Å². The SMILES string of the molecule is CCCCOc1ccc2ccccc2c1/C=N/NC(=O)CN1CCOCC1. The Labute approximate surface area is 160 Å². The van der Waals surface area contributed by atoms with Gasteiger partial charge in [-0.2, -0.15) is 5.10 Å². The minimum atomic E-state index is -0.123. The van der Waals surface area contributed by atoms with E-state index in [4.69, 9.17) is 9.47 Å². The van der Waals surface area contributed by atoms with Gasteiger partial charge < -0.3 is 9.47 Å². The Morgan fingerprint density at radius 1 is 1.26 bits per heavy atom. The second-order valence-corrected chi connectivity index (χ2v) is 6.58. The zero-order valence-electron chi connectivity index (χ0n) is 15.8. The second-order valence-electron chi connectivity index (χ2n) is 6.58. The smallest absolute Gasteiger partial charge is 0.254 e. The first kappa shape index (κ1) is 19.3. The van der Waals surface area contributed by atoms with Crippen LogP contribution >= 0.6 is 0 Å². The van der Waals surface area contributed by atoms with Crippen molar-refractivity contribution in [1.29, 1.82) is 0 Å². The lowest BCUT2D eigenvalue weighted by atomic mass is 10.0. The van der Waals surface area contributed by atoms with Gasteiger partial charge in [0, 0.05) is 18.7 Å². The molecule has 0 saturated carbocycles. The second kappa shape index (κ2) is 10.0. The van der Waals surface area contributed by atoms with Gasteiger partial charge in [0.1, 0.15) is 5.75 Å². The average molecular weight is 369 g/mol. The van der Waals surface area contributed by atoms with Crippen molar-refractivity contribution in [3.8, 4) is 5.75 Å². The third-order valence-corrected chi connectivity index (χ3v) is 4.54. The van der Waals surface area contributed by atoms with Crippen LogP contribution < -0.4 is 10.2 Å². The summed E-state index contributed by atoms with van der Waals surface area (Å²) < 4.78 is 11.2. The van der Waals surface area contributed by atoms with E-state index in [1.54, 1.807) is 6.21 Å². The van der Waals surface area contributed by atoms with Crippen LogP contribution in [0, 0.1) is 0 Å². The molecule has 1 aliphatic heterocycles. The third kappa shape index (κ3) is 5.52. The topological polar surface area (TPSA) is 63.2 Å². The minimum absolute atomic E-state index is 0.123. The molecule has 0 atom stereocenters. The van der Waals surface area contributed by atoms with Gasteiger partial charge in [0.25, 0.3) is 5.91 Å². The number of carbonyl (C=O) groups is 1. The van der Waals surface area contributed by atoms with Crippen molar-refractivity contribution in [1.82, 2.24) is 10.3 Å². The number of hydrogen-bond acceptors (Lipinski definition) is 5. The van der Waals surface area contributed by atoms with Gasteiger partial charge in [-0.3, -0.25) is 9.69 Å². The van der Waals surface area contributed by atoms with Crippen LogP contribution in [0.15, 0.2) is 41.5 Å². The molecule has 0 spiro atoms. The summed E-state index contributed by atoms with van der Waals surface area (Å²) in [7, 11) is 0. The van der Waals surface area contributed by atoms with Crippen molar-refractivity contribution in [3.05, 3.63) is 42.0 Å². The maximum atomic E-state index is 12.1. The molecule has 27 heavy (non-hydrogen) atoms. The summed E-state index contributed by atoms with van der Waals surface area (Å²) in [4.78, 5) is 14.2. The summed E-state index contributed by atoms with van der Waals surface area (Å²) in [6, 6.07) is 12.1. The third-order valence-electron chi connectivity index (χ3n) is 4.54. The molecule has 0 bridgehead atoms. The molecule has 2 aromatic rings. The molecule has 6 nitrogen and oxygen atoms in total. The normalized spacial score (nSPS) is 15.3. The van der Waals surface area contributed by atoms with Gasteiger partial charge >= 0.3 is 0 Å². The van der Waals surface area contributed by atoms with Gasteiger partial charge in [0.15, 0.2) is 0 Å². The highest BCUT2D eigenvalue weighted by molar-refractivity contribution is 6.02. The van der Waals surface area contributed by atoms with Crippen LogP contribution in [0.4, 0.5) is 0 Å². The summed E-state index contributed by atoms with van der Waals surface area (Å²) >= 11 is 0. The first-order valence-electron chi connectivity index (χ1n) is 9.54. The number of rotatable bonds is 8. The lowest BCUT2D eigenvalue weighted by Crippen LogP contribution is -2.42. The first-order chi connectivity index (χ1) is 13.3. The van der Waals surface area contributed by atoms with E-state index in [1.807, 2.05) is 30.3 Å². The number of nitrogens with one attached hydrogen (secondary N) is 1. The Hall–Kier alpha value is -2.44. The molecule has 1 saturated heterocycles. The van der Waals surface area contributed by atoms with Crippen LogP contribution in [-0.4, -0.2) is 56.5 Å². The molecule has 2 aromatic carbocycles. The highest BCUT2D eigenvalue weighted by atomic mass is 16.5. The van der Waals surface area contributed by atoms with Crippen molar-refractivity contribution in [3.63, 3.8) is 0 Å². The lowest BCUT2D eigenvalue weighted by molar-refractivity contribution is -0.123. The molecule has 0 aliphatic carbocycles. The molecule has 0 unspecified atom stereocenters. The molecule has 0 radical (unpaired) electrons. The fourth-order valence-corrected chi connectivity index (χ4v) is 3.03. The summed E-state index contributed by atoms with van der Waals surface area (Å²) in [6.45, 7) is 6.02. The largest absolute Gasteiger partial charge is 0.493 e. The zero-order valence-corrected chi connectivity index (χ0v) is 15.8. The van der Waals surface area contributed by atoms with Gasteiger partial charge in [-0.15, -0.1) is 0 Å². The van der Waals surface area contributed by atoms with Gasteiger partial charge in [-0.1, -0.05) is 43.7 Å². The molecule has 1 heterocycles. The Balaban J connectivity index is 1.70. The molecular formula is C21H27N3O3. The van der Waals surface area contributed by atoms with Crippen molar-refractivity contribution in [2.24, 2.45) is 5.10 Å². The highest BCUT2D eigenvalue weighted by Crippen LogP contribution is 2.26. The summed E-state index contributed by atoms with van der Waals surface area (Å²) in [5.74, 6) is 0.662. The molecule has 1 aliphatic rings. The summed E-state index contributed by atoms with van der Waals surface area (Å²) in [5.41, 5.74) is 3.52. The predicted molar refractivity (Wildman–Crippen MR) is 107 cm³/mol. The fraction of sp³-hybridized carbons (Fsp3) is 0.429. The quantitative estimate of drug-likeness (QED) is 0.442. The zero-order chi connectivity index (χ0) is 18.9. The van der Waals surface area contributed by atoms with E-state index in [0.29, 0.717) is 26.4 Å². The molecule has 144 valence electrons. The van der Waals surface area contributed by atoms with Crippen LogP contribution in [0.3, 0.4) is 0 Å². The number of hydrogen-bond donors (Lipinski definition) is 1. The summed E-state index contributed by atoms with van der Waals surface area (Å²) in [5, 5.41) is 6.35. The molecule has 1 fully saturated rings. The van der Waals surface area contributed by atoms with Crippen LogP contribution in [0.1, 0.15) is 25.3 Å². The number of carbonyl (C=O) groups excluding carboxylic acids is 1. The number of benzene rings is 2. The van der Waals surface area contributed by atoms with Gasteiger partial charge in [0.2, 0.25) is 0 Å². The number of morpholine rings is 1. The molecule has 1 N–H and O–H groups in total. The van der Waals surface area contributed by atoms with Gasteiger partial charge in [-0.05, 0) is 23.3 Å². The Morgan fingerprint density at radius 2 is 2.07 bits per heavy atom. The monoisotopic (exact) mass is 369 g/mol. The Kier molecular flexibility index (Phi) is 7.19. The van der Waals surface area contributed by atoms with E-state index in [1.165, 1.54) is 0 Å². The molecule has 6 heteroatoms. The molecule has 3 rings (SSSR count). The van der Waals surface area contributed by atoms with Crippen LogP contribution in [0.25, 0.3) is 10.8 Å². The average Bonchev–Trinajstić information content (AvgIpc) is 2.70. The first-order valence-corrected chi connectivity index (χ1v) is 9.54. The minimum Gasteiger partial charge on any atom is -0.493 e. The van der Waals surface area contributed by atoms with Crippen molar-refractivity contribution < 1.29 is 14.3 Å². The van der Waals surface area contributed by atoms with Crippen LogP contribution in [-0.2, 0) is 9.53 Å². The number of hydrazone groups is 1. The number of fused-ring (bicyclic) bond motifs is 1. The van der Waals surface area contributed by atoms with E-state index in [-0.39, 0.29) is 5.91 Å². The number of nitrogens with zero attached hydrogens (tertiary/aromatic N) is 2. The predicted octanol–water partition coefficient (Wildman–Crippen LogP) is 2.80. The van der Waals surface area contributed by atoms with E-state index < -0.39 is 0 Å². The van der Waals surface area contributed by atoms with E-state index >= 15 is 0 Å². The Bertz CT molecular complexity index is 785. The van der Waals surface area contributed by atoms with Crippen molar-refractivity contribution >= 4 is 22.9 Å². The maximum absolute atomic E-state index is 12.1. The molecule has 0 aromatic heterocycles. The fourth-order valence-electron chi connectivity index (χ4n) is 3.03. The van der Waals surface area contributed by atoms with Gasteiger partial charge in [-0.25, -0.2) is 5.43 Å². The number of ether oxygens (including phenoxy) is 2. The van der Waals surface area contributed by atoms with Crippen LogP contribution in [0.2, 0.25) is 0 Å². The standard InChI is InChI=1S/C21H27N3O3/c1-2-3-12-27-20-9-8-17-6-4-5-7-18(17)19(20)15-22-23-21(25)16-24-10-13-26-14-11-24/h4-9,15H,2-3,10-14,16H2,1H3,(H,23,25)/b22-15+. The van der Waals surface area contributed by atoms with E-state index in [2.05, 4.69) is 28.4 Å². The Morgan fingerprint density at radius 3 is 2.89 bits per heavy atom. The summed E-state index contributed by atoms with van der Waals surface area (Å²) in [6.07, 6.45) is 3.76. The van der Waals surface area contributed by atoms with Crippen molar-refractivity contribution in [2.75, 3.05) is 39.5 Å². The van der Waals surface area contributed by atoms with Crippen LogP contribution in [0.5, 0.6) is 5.75 Å². The van der Waals surface area contributed by atoms with Crippen molar-refractivity contribution in [2.45, 2.75) is 19.8 Å². The maximum Gasteiger partial charge on any atom is 0.254 e. The van der Waals surface area contributed by atoms with Gasteiger partial charge in [0.05, 0.1) is 32.6 Å². The lowest BCUT2D eigenvalue weighted by Gasteiger charge is -2.25. The number of amides is 1.